The molecule has 238 valence electrons. The summed E-state index contributed by atoms with van der Waals surface area (Å²) in [5.41, 5.74) is 1.31. The topological polar surface area (TPSA) is 111 Å². The molecule has 3 heterocycles. The van der Waals surface area contributed by atoms with Crippen LogP contribution in [0, 0.1) is 6.92 Å². The largest absolute Gasteiger partial charge is 0.490 e. The first-order valence-electron chi connectivity index (χ1n) is 13.1. The van der Waals surface area contributed by atoms with Crippen molar-refractivity contribution in [2.75, 3.05) is 58.6 Å². The number of ether oxygens (including phenoxy) is 1. The second kappa shape index (κ2) is 15.3. The third kappa shape index (κ3) is 12.0. The van der Waals surface area contributed by atoms with Gasteiger partial charge in [-0.1, -0.05) is 17.7 Å². The fourth-order valence-electron chi connectivity index (χ4n) is 4.54. The number of carboxylic acids is 2. The first-order valence-corrected chi connectivity index (χ1v) is 14.0. The SMILES string of the molecule is Cc1ccc(SCC(=O)N2CCC3(CC2)CC(CN2CCN(C)CC2)O3)cc1.O=C(O)C(F)(F)F.O=C(O)C(F)(F)F. The van der Waals surface area contributed by atoms with Crippen LogP contribution in [0.3, 0.4) is 0 Å². The van der Waals surface area contributed by atoms with Crippen molar-refractivity contribution in [3.63, 3.8) is 0 Å². The van der Waals surface area contributed by atoms with Crippen molar-refractivity contribution in [3.8, 4) is 0 Å². The van der Waals surface area contributed by atoms with Crippen LogP contribution in [0.1, 0.15) is 24.8 Å². The summed E-state index contributed by atoms with van der Waals surface area (Å²) in [7, 11) is 2.19. The van der Waals surface area contributed by atoms with Gasteiger partial charge in [0.25, 0.3) is 0 Å². The van der Waals surface area contributed by atoms with E-state index in [-0.39, 0.29) is 11.5 Å². The van der Waals surface area contributed by atoms with E-state index in [1.807, 2.05) is 4.90 Å². The highest BCUT2D eigenvalue weighted by Crippen LogP contribution is 2.41. The number of carbonyl (C=O) groups excluding carboxylic acids is 1. The number of likely N-dealkylation sites (tertiary alicyclic amines) is 1. The van der Waals surface area contributed by atoms with Gasteiger partial charge >= 0.3 is 24.3 Å². The minimum Gasteiger partial charge on any atom is -0.475 e. The molecule has 0 bridgehead atoms. The molecule has 42 heavy (non-hydrogen) atoms. The third-order valence-corrected chi connectivity index (χ3v) is 7.97. The Morgan fingerprint density at radius 2 is 1.36 bits per heavy atom. The second-order valence-corrected chi connectivity index (χ2v) is 11.4. The lowest BCUT2D eigenvalue weighted by molar-refractivity contribution is -0.229. The van der Waals surface area contributed by atoms with Crippen molar-refractivity contribution in [2.45, 2.75) is 55.1 Å². The van der Waals surface area contributed by atoms with Crippen LogP contribution >= 0.6 is 11.8 Å². The Kier molecular flexibility index (Phi) is 12.9. The van der Waals surface area contributed by atoms with Crippen LogP contribution in [-0.2, 0) is 19.1 Å². The fourth-order valence-corrected chi connectivity index (χ4v) is 5.34. The van der Waals surface area contributed by atoms with Crippen molar-refractivity contribution < 1.29 is 55.7 Å². The van der Waals surface area contributed by atoms with E-state index in [9.17, 15) is 31.1 Å². The van der Waals surface area contributed by atoms with E-state index >= 15 is 0 Å². The molecule has 9 nitrogen and oxygen atoms in total. The van der Waals surface area contributed by atoms with Gasteiger partial charge in [0.1, 0.15) is 0 Å². The van der Waals surface area contributed by atoms with Gasteiger partial charge in [0.15, 0.2) is 0 Å². The van der Waals surface area contributed by atoms with E-state index < -0.39 is 24.3 Å². The maximum Gasteiger partial charge on any atom is 0.490 e. The second-order valence-electron chi connectivity index (χ2n) is 10.3. The molecule has 3 fully saturated rings. The number of aryl methyl sites for hydroxylation is 1. The predicted molar refractivity (Wildman–Crippen MR) is 141 cm³/mol. The summed E-state index contributed by atoms with van der Waals surface area (Å²) in [5.74, 6) is -4.73. The molecule has 0 aromatic heterocycles. The quantitative estimate of drug-likeness (QED) is 0.371. The molecular weight excluding hydrogens is 596 g/mol. The molecule has 1 unspecified atom stereocenters. The van der Waals surface area contributed by atoms with Crippen LogP contribution in [-0.4, -0.2) is 125 Å². The number of thioether (sulfide) groups is 1. The Morgan fingerprint density at radius 3 is 1.79 bits per heavy atom. The van der Waals surface area contributed by atoms with Crippen molar-refractivity contribution in [2.24, 2.45) is 0 Å². The molecule has 0 radical (unpaired) electrons. The number of rotatable bonds is 5. The van der Waals surface area contributed by atoms with Crippen LogP contribution in [0.15, 0.2) is 29.2 Å². The highest BCUT2D eigenvalue weighted by Gasteiger charge is 2.48. The van der Waals surface area contributed by atoms with Crippen molar-refractivity contribution in [1.82, 2.24) is 14.7 Å². The molecule has 2 N–H and O–H groups in total. The molecule has 4 rings (SSSR count). The first kappa shape index (κ1) is 35.6. The zero-order valence-electron chi connectivity index (χ0n) is 23.2. The summed E-state index contributed by atoms with van der Waals surface area (Å²) in [6, 6.07) is 8.40. The highest BCUT2D eigenvalue weighted by atomic mass is 32.2. The number of hydrogen-bond acceptors (Lipinski definition) is 7. The van der Waals surface area contributed by atoms with Crippen molar-refractivity contribution in [3.05, 3.63) is 29.8 Å². The number of nitrogens with zero attached hydrogens (tertiary/aromatic N) is 3. The van der Waals surface area contributed by atoms with Gasteiger partial charge in [-0.2, -0.15) is 26.3 Å². The molecule has 16 heteroatoms. The van der Waals surface area contributed by atoms with Crippen LogP contribution < -0.4 is 0 Å². The Labute approximate surface area is 243 Å². The first-order chi connectivity index (χ1) is 19.4. The molecule has 0 aliphatic carbocycles. The van der Waals surface area contributed by atoms with Crippen molar-refractivity contribution in [1.29, 1.82) is 0 Å². The Hall–Kier alpha value is -2.56. The molecule has 3 aliphatic heterocycles. The monoisotopic (exact) mass is 631 g/mol. The molecule has 1 aromatic rings. The molecule has 3 saturated heterocycles. The van der Waals surface area contributed by atoms with E-state index in [1.165, 1.54) is 16.9 Å². The predicted octanol–water partition coefficient (Wildman–Crippen LogP) is 3.75. The van der Waals surface area contributed by atoms with E-state index in [1.54, 1.807) is 11.8 Å². The van der Waals surface area contributed by atoms with E-state index in [0.717, 1.165) is 58.7 Å². The van der Waals surface area contributed by atoms with E-state index in [4.69, 9.17) is 24.5 Å². The smallest absolute Gasteiger partial charge is 0.475 e. The molecule has 1 aromatic carbocycles. The third-order valence-electron chi connectivity index (χ3n) is 6.97. The van der Waals surface area contributed by atoms with Gasteiger partial charge in [-0.3, -0.25) is 9.69 Å². The van der Waals surface area contributed by atoms with Crippen molar-refractivity contribution >= 4 is 29.6 Å². The zero-order valence-corrected chi connectivity index (χ0v) is 24.0. The number of piperidine rings is 1. The normalized spacial score (nSPS) is 20.9. The summed E-state index contributed by atoms with van der Waals surface area (Å²) in [6.45, 7) is 9.48. The minimum absolute atomic E-state index is 0.0537. The lowest BCUT2D eigenvalue weighted by Crippen LogP contribution is -2.60. The fraction of sp³-hybridized carbons (Fsp3) is 0.654. The number of hydrogen-bond donors (Lipinski definition) is 2. The van der Waals surface area contributed by atoms with E-state index in [2.05, 4.69) is 48.0 Å². The number of carboxylic acid groups (broad SMARTS) is 2. The number of likely N-dealkylation sites (N-methyl/N-ethyl adjacent to an activating group) is 1. The Bertz CT molecular complexity index is 1010. The summed E-state index contributed by atoms with van der Waals surface area (Å²) in [6.07, 6.45) is -6.62. The van der Waals surface area contributed by atoms with Crippen LogP contribution in [0.2, 0.25) is 0 Å². The Balaban J connectivity index is 0.000000367. The number of piperazine rings is 1. The molecule has 1 spiro atoms. The summed E-state index contributed by atoms with van der Waals surface area (Å²) >= 11 is 1.64. The average Bonchev–Trinajstić information content (AvgIpc) is 2.88. The molecule has 1 atom stereocenters. The molecular formula is C26H35F6N3O6S. The molecule has 0 saturated carbocycles. The lowest BCUT2D eigenvalue weighted by atomic mass is 9.80. The summed E-state index contributed by atoms with van der Waals surface area (Å²) in [5, 5.41) is 14.2. The number of amides is 1. The van der Waals surface area contributed by atoms with Gasteiger partial charge in [0.2, 0.25) is 5.91 Å². The average molecular weight is 632 g/mol. The highest BCUT2D eigenvalue weighted by molar-refractivity contribution is 8.00. The zero-order chi connectivity index (χ0) is 31.7. The van der Waals surface area contributed by atoms with Crippen LogP contribution in [0.25, 0.3) is 0 Å². The molecule has 3 aliphatic rings. The maximum absolute atomic E-state index is 12.6. The number of benzene rings is 1. The Morgan fingerprint density at radius 1 is 0.905 bits per heavy atom. The molecule has 1 amide bonds. The minimum atomic E-state index is -5.08. The van der Waals surface area contributed by atoms with Gasteiger partial charge in [-0.15, -0.1) is 11.8 Å². The maximum atomic E-state index is 12.6. The van der Waals surface area contributed by atoms with Gasteiger partial charge in [-0.25, -0.2) is 9.59 Å². The van der Waals surface area contributed by atoms with Gasteiger partial charge in [0, 0.05) is 57.1 Å². The van der Waals surface area contributed by atoms with Crippen LogP contribution in [0.5, 0.6) is 0 Å². The number of halogens is 6. The lowest BCUT2D eigenvalue weighted by Gasteiger charge is -2.53. The standard InChI is InChI=1S/C22H33N3O2S.2C2HF3O2/c1-18-3-5-20(6-4-18)28-17-21(26)25-9-7-22(8-10-25)15-19(27-22)16-24-13-11-23(2)12-14-24;2*3-2(4,5)1(6)7/h3-6,19H,7-17H2,1-2H3;2*(H,6,7). The number of aliphatic carboxylic acids is 2. The summed E-state index contributed by atoms with van der Waals surface area (Å²) in [4.78, 5) is 38.5. The number of carbonyl (C=O) groups is 3. The van der Waals surface area contributed by atoms with Gasteiger partial charge in [0.05, 0.1) is 17.5 Å². The van der Waals surface area contributed by atoms with Gasteiger partial charge < -0.3 is 24.7 Å². The summed E-state index contributed by atoms with van der Waals surface area (Å²) < 4.78 is 69.8. The van der Waals surface area contributed by atoms with Gasteiger partial charge in [-0.05, 0) is 38.9 Å². The van der Waals surface area contributed by atoms with E-state index in [0.29, 0.717) is 11.9 Å². The van der Waals surface area contributed by atoms with Crippen LogP contribution in [0.4, 0.5) is 26.3 Å². The number of alkyl halides is 6.